The lowest BCUT2D eigenvalue weighted by Crippen LogP contribution is -2.36. The summed E-state index contributed by atoms with van der Waals surface area (Å²) in [5, 5.41) is 3.43. The maximum atomic E-state index is 5.35. The van der Waals surface area contributed by atoms with E-state index in [1.54, 1.807) is 0 Å². The molecule has 0 fully saturated rings. The van der Waals surface area contributed by atoms with E-state index in [2.05, 4.69) is 26.1 Å². The first-order valence-electron chi connectivity index (χ1n) is 4.58. The zero-order chi connectivity index (χ0) is 9.56. The second-order valence-electron chi connectivity index (χ2n) is 3.73. The molecule has 0 aliphatic carbocycles. The summed E-state index contributed by atoms with van der Waals surface area (Å²) in [5.41, 5.74) is 5.35. The van der Waals surface area contributed by atoms with Gasteiger partial charge in [-0.05, 0) is 31.5 Å². The lowest BCUT2D eigenvalue weighted by atomic mass is 10.0. The molecule has 0 aromatic heterocycles. The van der Waals surface area contributed by atoms with Crippen LogP contribution in [0.2, 0.25) is 0 Å². The third-order valence-electron chi connectivity index (χ3n) is 1.81. The van der Waals surface area contributed by atoms with Crippen molar-refractivity contribution >= 4 is 17.3 Å². The molecule has 1 atom stereocenters. The fourth-order valence-corrected chi connectivity index (χ4v) is 1.35. The monoisotopic (exact) mass is 188 g/mol. The van der Waals surface area contributed by atoms with Crippen LogP contribution in [-0.4, -0.2) is 11.2 Å². The molecule has 0 bridgehead atoms. The van der Waals surface area contributed by atoms with Crippen molar-refractivity contribution in [2.45, 2.75) is 46.1 Å². The van der Waals surface area contributed by atoms with Crippen LogP contribution in [0.1, 0.15) is 40.0 Å². The van der Waals surface area contributed by atoms with Crippen molar-refractivity contribution in [3.63, 3.8) is 0 Å². The van der Waals surface area contributed by atoms with Gasteiger partial charge >= 0.3 is 0 Å². The minimum Gasteiger partial charge on any atom is -0.376 e. The molecule has 0 spiro atoms. The predicted octanol–water partition coefficient (Wildman–Crippen LogP) is 2.03. The summed E-state index contributed by atoms with van der Waals surface area (Å²) >= 11 is 4.74. The van der Waals surface area contributed by atoms with E-state index in [0.29, 0.717) is 11.2 Å². The third-order valence-corrected chi connectivity index (χ3v) is 1.93. The molecule has 0 amide bonds. The molecule has 0 aromatic rings. The van der Waals surface area contributed by atoms with E-state index in [1.807, 2.05) is 0 Å². The van der Waals surface area contributed by atoms with Crippen LogP contribution in [0.15, 0.2) is 0 Å². The second-order valence-corrected chi connectivity index (χ2v) is 4.17. The first-order valence-corrected chi connectivity index (χ1v) is 4.99. The summed E-state index contributed by atoms with van der Waals surface area (Å²) in [5.74, 6) is 0.794. The van der Waals surface area contributed by atoms with E-state index in [9.17, 15) is 0 Å². The lowest BCUT2D eigenvalue weighted by Gasteiger charge is -2.13. The molecule has 0 aliphatic rings. The van der Waals surface area contributed by atoms with Gasteiger partial charge in [-0.1, -0.05) is 26.7 Å². The fraction of sp³-hybridized carbons (Fsp3) is 0.889. The quantitative estimate of drug-likeness (QED) is 0.648. The van der Waals surface area contributed by atoms with Crippen molar-refractivity contribution in [3.8, 4) is 0 Å². The van der Waals surface area contributed by atoms with E-state index in [0.717, 1.165) is 12.3 Å². The summed E-state index contributed by atoms with van der Waals surface area (Å²) < 4.78 is 0. The zero-order valence-corrected chi connectivity index (χ0v) is 9.08. The van der Waals surface area contributed by atoms with Crippen LogP contribution in [0.4, 0.5) is 0 Å². The maximum Gasteiger partial charge on any atom is 0.163 e. The highest BCUT2D eigenvalue weighted by molar-refractivity contribution is 7.80. The van der Waals surface area contributed by atoms with Gasteiger partial charge in [0.25, 0.3) is 0 Å². The van der Waals surface area contributed by atoms with E-state index in [4.69, 9.17) is 18.0 Å². The molecule has 2 nitrogen and oxygen atoms in total. The normalized spacial score (nSPS) is 13.0. The number of nitrogens with two attached hydrogens (primary N) is 1. The molecule has 0 radical (unpaired) electrons. The minimum absolute atomic E-state index is 0.409. The highest BCUT2D eigenvalue weighted by atomic mass is 32.1. The molecule has 0 saturated heterocycles. The van der Waals surface area contributed by atoms with Crippen LogP contribution in [0, 0.1) is 5.92 Å². The molecule has 0 heterocycles. The molecule has 3 N–H and O–H groups in total. The highest BCUT2D eigenvalue weighted by Gasteiger charge is 2.01. The average Bonchev–Trinajstić information content (AvgIpc) is 1.84. The number of rotatable bonds is 5. The molecule has 0 saturated carbocycles. The van der Waals surface area contributed by atoms with Gasteiger partial charge in [0.1, 0.15) is 0 Å². The lowest BCUT2D eigenvalue weighted by molar-refractivity contribution is 0.495. The molecule has 12 heavy (non-hydrogen) atoms. The van der Waals surface area contributed by atoms with Gasteiger partial charge in [0.15, 0.2) is 5.11 Å². The standard InChI is InChI=1S/C9H20N2S/c1-7(2)5-4-6-8(3)11-9(10)12/h7-8H,4-6H2,1-3H3,(H3,10,11,12)/t8-/m1/s1. The Balaban J connectivity index is 3.31. The SMILES string of the molecule is CC(C)CCC[C@@H](C)NC(N)=S. The van der Waals surface area contributed by atoms with Gasteiger partial charge in [0.05, 0.1) is 0 Å². The Morgan fingerprint density at radius 2 is 1.92 bits per heavy atom. The summed E-state index contributed by atoms with van der Waals surface area (Å²) in [4.78, 5) is 0. The van der Waals surface area contributed by atoms with Gasteiger partial charge in [-0.2, -0.15) is 0 Å². The second kappa shape index (κ2) is 6.23. The van der Waals surface area contributed by atoms with Crippen molar-refractivity contribution in [2.24, 2.45) is 11.7 Å². The van der Waals surface area contributed by atoms with Gasteiger partial charge < -0.3 is 11.1 Å². The van der Waals surface area contributed by atoms with Crippen molar-refractivity contribution in [3.05, 3.63) is 0 Å². The zero-order valence-electron chi connectivity index (χ0n) is 8.26. The maximum absolute atomic E-state index is 5.35. The van der Waals surface area contributed by atoms with E-state index >= 15 is 0 Å². The summed E-state index contributed by atoms with van der Waals surface area (Å²) in [6.45, 7) is 6.59. The Bertz CT molecular complexity index is 134. The molecule has 0 aliphatic heterocycles. The summed E-state index contributed by atoms with van der Waals surface area (Å²) in [6, 6.07) is 0.418. The summed E-state index contributed by atoms with van der Waals surface area (Å²) in [7, 11) is 0. The van der Waals surface area contributed by atoms with Crippen molar-refractivity contribution in [1.82, 2.24) is 5.32 Å². The van der Waals surface area contributed by atoms with Crippen LogP contribution >= 0.6 is 12.2 Å². The van der Waals surface area contributed by atoms with Crippen molar-refractivity contribution in [1.29, 1.82) is 0 Å². The van der Waals surface area contributed by atoms with Crippen LogP contribution in [0.3, 0.4) is 0 Å². The third kappa shape index (κ3) is 7.79. The first kappa shape index (κ1) is 11.7. The van der Waals surface area contributed by atoms with Gasteiger partial charge in [-0.3, -0.25) is 0 Å². The Morgan fingerprint density at radius 1 is 1.33 bits per heavy atom. The number of hydrogen-bond acceptors (Lipinski definition) is 1. The van der Waals surface area contributed by atoms with Crippen LogP contribution < -0.4 is 11.1 Å². The number of hydrogen-bond donors (Lipinski definition) is 2. The van der Waals surface area contributed by atoms with E-state index in [-0.39, 0.29) is 0 Å². The molecule has 0 aromatic carbocycles. The molecule has 0 rings (SSSR count). The van der Waals surface area contributed by atoms with Gasteiger partial charge in [0, 0.05) is 6.04 Å². The van der Waals surface area contributed by atoms with Crippen LogP contribution in [0.5, 0.6) is 0 Å². The van der Waals surface area contributed by atoms with Gasteiger partial charge in [0.2, 0.25) is 0 Å². The number of thiocarbonyl (C=S) groups is 1. The Labute approximate surface area is 80.9 Å². The number of nitrogens with one attached hydrogen (secondary N) is 1. The van der Waals surface area contributed by atoms with Crippen molar-refractivity contribution < 1.29 is 0 Å². The fourth-order valence-electron chi connectivity index (χ4n) is 1.15. The van der Waals surface area contributed by atoms with Gasteiger partial charge in [-0.25, -0.2) is 0 Å². The van der Waals surface area contributed by atoms with Gasteiger partial charge in [-0.15, -0.1) is 0 Å². The molecular formula is C9H20N2S. The Hall–Kier alpha value is -0.310. The van der Waals surface area contributed by atoms with E-state index in [1.165, 1.54) is 12.8 Å². The first-order chi connectivity index (χ1) is 5.52. The minimum atomic E-state index is 0.409. The molecule has 72 valence electrons. The Morgan fingerprint density at radius 3 is 2.33 bits per heavy atom. The van der Waals surface area contributed by atoms with E-state index < -0.39 is 0 Å². The smallest absolute Gasteiger partial charge is 0.163 e. The molecule has 0 unspecified atom stereocenters. The van der Waals surface area contributed by atoms with Crippen LogP contribution in [-0.2, 0) is 0 Å². The predicted molar refractivity (Wildman–Crippen MR) is 58.1 cm³/mol. The topological polar surface area (TPSA) is 38.0 Å². The highest BCUT2D eigenvalue weighted by Crippen LogP contribution is 2.07. The van der Waals surface area contributed by atoms with Crippen molar-refractivity contribution in [2.75, 3.05) is 0 Å². The largest absolute Gasteiger partial charge is 0.376 e. The Kier molecular flexibility index (Phi) is 6.07. The molecule has 3 heteroatoms. The summed E-state index contributed by atoms with van der Waals surface area (Å²) in [6.07, 6.45) is 3.67. The average molecular weight is 188 g/mol. The molecular weight excluding hydrogens is 168 g/mol. The van der Waals surface area contributed by atoms with Crippen LogP contribution in [0.25, 0.3) is 0 Å².